The van der Waals surface area contributed by atoms with Crippen LogP contribution in [-0.2, 0) is 27.8 Å². The maximum absolute atomic E-state index is 13.0. The van der Waals surface area contributed by atoms with Crippen LogP contribution in [0.1, 0.15) is 39.4 Å². The van der Waals surface area contributed by atoms with Crippen molar-refractivity contribution < 1.29 is 17.9 Å². The molecule has 1 amide bonds. The van der Waals surface area contributed by atoms with Crippen LogP contribution < -0.4 is 4.74 Å². The summed E-state index contributed by atoms with van der Waals surface area (Å²) >= 11 is 1.35. The first kappa shape index (κ1) is 24.6. The Labute approximate surface area is 194 Å². The van der Waals surface area contributed by atoms with E-state index >= 15 is 0 Å². The lowest BCUT2D eigenvalue weighted by atomic mass is 10.1. The summed E-state index contributed by atoms with van der Waals surface area (Å²) in [5.74, 6) is 2.07. The van der Waals surface area contributed by atoms with Crippen LogP contribution >= 0.6 is 11.8 Å². The summed E-state index contributed by atoms with van der Waals surface area (Å²) < 4.78 is 31.5. The van der Waals surface area contributed by atoms with Crippen LogP contribution in [0, 0.1) is 5.92 Å². The van der Waals surface area contributed by atoms with Gasteiger partial charge in [-0.15, -0.1) is 10.2 Å². The largest absolute Gasteiger partial charge is 0.486 e. The van der Waals surface area contributed by atoms with E-state index in [9.17, 15) is 13.2 Å². The van der Waals surface area contributed by atoms with Crippen LogP contribution in [0.15, 0.2) is 35.5 Å². The zero-order valence-corrected chi connectivity index (χ0v) is 20.7. The average Bonchev–Trinajstić information content (AvgIpc) is 3.32. The van der Waals surface area contributed by atoms with E-state index in [1.807, 2.05) is 41.8 Å². The smallest absolute Gasteiger partial charge is 0.235 e. The minimum absolute atomic E-state index is 0.0399. The standard InChI is InChI=1S/C22H32N4O4S2/c1-16(2)10-12-26-20(14-30-19-8-6-5-7-9-19)23-24-22(26)31-17(3)21(27)25(4)18-11-13-32(28,29)15-18/h5-9,16-18H,10-15H2,1-4H3. The van der Waals surface area contributed by atoms with Gasteiger partial charge in [-0.25, -0.2) is 8.42 Å². The summed E-state index contributed by atoms with van der Waals surface area (Å²) in [7, 11) is -1.36. The lowest BCUT2D eigenvalue weighted by molar-refractivity contribution is -0.130. The number of hydrogen-bond donors (Lipinski definition) is 0. The highest BCUT2D eigenvalue weighted by Crippen LogP contribution is 2.27. The zero-order valence-electron chi connectivity index (χ0n) is 19.1. The molecule has 1 aliphatic heterocycles. The van der Waals surface area contributed by atoms with Crippen molar-refractivity contribution >= 4 is 27.5 Å². The van der Waals surface area contributed by atoms with Crippen LogP contribution in [0.2, 0.25) is 0 Å². The molecule has 0 bridgehead atoms. The van der Waals surface area contributed by atoms with Gasteiger partial charge in [0.25, 0.3) is 0 Å². The number of thioether (sulfide) groups is 1. The number of benzene rings is 1. The number of hydrogen-bond acceptors (Lipinski definition) is 7. The summed E-state index contributed by atoms with van der Waals surface area (Å²) in [6.07, 6.45) is 1.44. The summed E-state index contributed by atoms with van der Waals surface area (Å²) in [4.78, 5) is 14.5. The fourth-order valence-electron chi connectivity index (χ4n) is 3.55. The number of aromatic nitrogens is 3. The molecule has 2 atom stereocenters. The van der Waals surface area contributed by atoms with Gasteiger partial charge in [-0.3, -0.25) is 4.79 Å². The van der Waals surface area contributed by atoms with Crippen molar-refractivity contribution in [3.05, 3.63) is 36.2 Å². The summed E-state index contributed by atoms with van der Waals surface area (Å²) in [5.41, 5.74) is 0. The Morgan fingerprint density at radius 3 is 2.59 bits per heavy atom. The summed E-state index contributed by atoms with van der Waals surface area (Å²) in [6.45, 7) is 7.17. The van der Waals surface area contributed by atoms with E-state index in [0.717, 1.165) is 18.7 Å². The Hall–Kier alpha value is -2.07. The number of carbonyl (C=O) groups excluding carboxylic acids is 1. The van der Waals surface area contributed by atoms with E-state index in [1.54, 1.807) is 11.9 Å². The molecule has 10 heteroatoms. The molecule has 3 rings (SSSR count). The highest BCUT2D eigenvalue weighted by Gasteiger charge is 2.34. The SMILES string of the molecule is CC(C)CCn1c(COc2ccccc2)nnc1SC(C)C(=O)N(C)C1CCS(=O)(=O)C1. The van der Waals surface area contributed by atoms with Gasteiger partial charge in [0.1, 0.15) is 12.4 Å². The quantitative estimate of drug-likeness (QED) is 0.483. The molecule has 176 valence electrons. The van der Waals surface area contributed by atoms with Crippen molar-refractivity contribution in [2.24, 2.45) is 5.92 Å². The van der Waals surface area contributed by atoms with Crippen LogP contribution in [0.25, 0.3) is 0 Å². The van der Waals surface area contributed by atoms with Gasteiger partial charge in [0.05, 0.1) is 16.8 Å². The van der Waals surface area contributed by atoms with Gasteiger partial charge >= 0.3 is 0 Å². The minimum Gasteiger partial charge on any atom is -0.486 e. The highest BCUT2D eigenvalue weighted by molar-refractivity contribution is 8.00. The molecule has 1 aromatic carbocycles. The van der Waals surface area contributed by atoms with Gasteiger partial charge in [-0.1, -0.05) is 43.8 Å². The number of carbonyl (C=O) groups is 1. The van der Waals surface area contributed by atoms with Gasteiger partial charge < -0.3 is 14.2 Å². The van der Waals surface area contributed by atoms with Gasteiger partial charge in [0.2, 0.25) is 5.91 Å². The van der Waals surface area contributed by atoms with Crippen LogP contribution in [0.3, 0.4) is 0 Å². The number of amides is 1. The van der Waals surface area contributed by atoms with Crippen LogP contribution in [-0.4, -0.2) is 63.8 Å². The second kappa shape index (κ2) is 10.7. The Kier molecular flexibility index (Phi) is 8.21. The van der Waals surface area contributed by atoms with Gasteiger partial charge in [-0.2, -0.15) is 0 Å². The predicted molar refractivity (Wildman–Crippen MR) is 125 cm³/mol. The number of nitrogens with zero attached hydrogens (tertiary/aromatic N) is 4. The molecule has 2 aromatic rings. The molecule has 32 heavy (non-hydrogen) atoms. The van der Waals surface area contributed by atoms with E-state index < -0.39 is 15.1 Å². The summed E-state index contributed by atoms with van der Waals surface area (Å²) in [6, 6.07) is 9.29. The third-order valence-electron chi connectivity index (χ3n) is 5.57. The van der Waals surface area contributed by atoms with E-state index in [4.69, 9.17) is 4.74 Å². The molecule has 1 aromatic heterocycles. The van der Waals surface area contributed by atoms with E-state index in [0.29, 0.717) is 23.3 Å². The van der Waals surface area contributed by atoms with Crippen LogP contribution in [0.5, 0.6) is 5.75 Å². The number of rotatable bonds is 10. The molecule has 2 unspecified atom stereocenters. The molecule has 0 spiro atoms. The van der Waals surface area contributed by atoms with Crippen molar-refractivity contribution in [3.8, 4) is 5.75 Å². The molecule has 1 saturated heterocycles. The maximum atomic E-state index is 13.0. The Balaban J connectivity index is 1.69. The Morgan fingerprint density at radius 1 is 1.25 bits per heavy atom. The van der Waals surface area contributed by atoms with Gasteiger partial charge in [0, 0.05) is 19.6 Å². The molecule has 0 N–H and O–H groups in total. The second-order valence-corrected chi connectivity index (χ2v) is 12.1. The van der Waals surface area contributed by atoms with Crippen molar-refractivity contribution in [1.82, 2.24) is 19.7 Å². The van der Waals surface area contributed by atoms with Crippen molar-refractivity contribution in [2.75, 3.05) is 18.6 Å². The normalized spacial score (nSPS) is 18.6. The molecule has 0 aliphatic carbocycles. The number of ether oxygens (including phenoxy) is 1. The molecule has 0 saturated carbocycles. The maximum Gasteiger partial charge on any atom is 0.235 e. The topological polar surface area (TPSA) is 94.4 Å². The molecule has 0 radical (unpaired) electrons. The fraction of sp³-hybridized carbons (Fsp3) is 0.591. The predicted octanol–water partition coefficient (Wildman–Crippen LogP) is 3.03. The lowest BCUT2D eigenvalue weighted by Gasteiger charge is -2.26. The first-order valence-corrected chi connectivity index (χ1v) is 13.6. The molecule has 1 fully saturated rings. The third-order valence-corrected chi connectivity index (χ3v) is 8.39. The Morgan fingerprint density at radius 2 is 1.97 bits per heavy atom. The molecule has 1 aliphatic rings. The molecule has 2 heterocycles. The van der Waals surface area contributed by atoms with Crippen LogP contribution in [0.4, 0.5) is 0 Å². The molecule has 8 nitrogen and oxygen atoms in total. The van der Waals surface area contributed by atoms with Crippen molar-refractivity contribution in [2.45, 2.75) is 63.2 Å². The lowest BCUT2D eigenvalue weighted by Crippen LogP contribution is -2.41. The average molecular weight is 481 g/mol. The summed E-state index contributed by atoms with van der Waals surface area (Å²) in [5, 5.41) is 8.93. The van der Waals surface area contributed by atoms with E-state index in [1.165, 1.54) is 11.8 Å². The zero-order chi connectivity index (χ0) is 23.3. The highest BCUT2D eigenvalue weighted by atomic mass is 32.2. The van der Waals surface area contributed by atoms with E-state index in [-0.39, 0.29) is 30.1 Å². The Bertz CT molecular complexity index is 1010. The molecular formula is C22H32N4O4S2. The number of sulfone groups is 1. The fourth-order valence-corrected chi connectivity index (χ4v) is 6.32. The van der Waals surface area contributed by atoms with E-state index in [2.05, 4.69) is 24.0 Å². The monoisotopic (exact) mass is 480 g/mol. The minimum atomic E-state index is -3.05. The third kappa shape index (κ3) is 6.48. The van der Waals surface area contributed by atoms with Crippen molar-refractivity contribution in [1.29, 1.82) is 0 Å². The first-order chi connectivity index (χ1) is 15.2. The number of para-hydroxylation sites is 1. The first-order valence-electron chi connectivity index (χ1n) is 10.9. The van der Waals surface area contributed by atoms with Gasteiger partial charge in [-0.05, 0) is 37.8 Å². The van der Waals surface area contributed by atoms with Gasteiger partial charge in [0.15, 0.2) is 20.8 Å². The van der Waals surface area contributed by atoms with Crippen molar-refractivity contribution in [3.63, 3.8) is 0 Å². The second-order valence-electron chi connectivity index (χ2n) is 8.60. The molecular weight excluding hydrogens is 448 g/mol.